The second-order valence-corrected chi connectivity index (χ2v) is 7.41. The van der Waals surface area contributed by atoms with E-state index in [1.165, 1.54) is 30.3 Å². The van der Waals surface area contributed by atoms with Crippen LogP contribution in [0.15, 0.2) is 78.9 Å². The Bertz CT molecular complexity index is 1170. The van der Waals surface area contributed by atoms with E-state index >= 15 is 0 Å². The molecule has 0 fully saturated rings. The zero-order valence-corrected chi connectivity index (χ0v) is 17.9. The van der Waals surface area contributed by atoms with Gasteiger partial charge in [0.2, 0.25) is 0 Å². The number of nitrogens with zero attached hydrogens (tertiary/aromatic N) is 1. The lowest BCUT2D eigenvalue weighted by atomic mass is 10.0. The highest BCUT2D eigenvalue weighted by Gasteiger charge is 2.23. The lowest BCUT2D eigenvalue weighted by molar-refractivity contribution is -0.384. The summed E-state index contributed by atoms with van der Waals surface area (Å²) in [5.41, 5.74) is 5.33. The van der Waals surface area contributed by atoms with Crippen LogP contribution in [-0.4, -0.2) is 28.7 Å². The van der Waals surface area contributed by atoms with Crippen LogP contribution in [0.1, 0.15) is 26.3 Å². The minimum Gasteiger partial charge on any atom is -0.340 e. The number of carbonyl (C=O) groups is 3. The highest BCUT2D eigenvalue weighted by molar-refractivity contribution is 6.30. The van der Waals surface area contributed by atoms with Crippen LogP contribution in [0.5, 0.6) is 0 Å². The fraction of sp³-hybridized carbons (Fsp3) is 0.0870. The van der Waals surface area contributed by atoms with Crippen LogP contribution in [0, 0.1) is 10.1 Å². The number of nitrogens with one attached hydrogen (secondary N) is 3. The Balaban J connectivity index is 1.71. The van der Waals surface area contributed by atoms with Gasteiger partial charge in [-0.05, 0) is 35.9 Å². The number of rotatable bonds is 7. The summed E-state index contributed by atoms with van der Waals surface area (Å²) in [7, 11) is 0. The minimum atomic E-state index is -1.01. The molecule has 0 saturated carbocycles. The van der Waals surface area contributed by atoms with E-state index in [0.29, 0.717) is 10.6 Å². The van der Waals surface area contributed by atoms with Crippen molar-refractivity contribution < 1.29 is 19.3 Å². The first-order valence-corrected chi connectivity index (χ1v) is 10.2. The molecule has 0 aromatic heterocycles. The average Bonchev–Trinajstić information content (AvgIpc) is 2.83. The summed E-state index contributed by atoms with van der Waals surface area (Å²) in [5, 5.41) is 14.0. The van der Waals surface area contributed by atoms with Gasteiger partial charge < -0.3 is 5.32 Å². The molecule has 0 saturated heterocycles. The number of nitro groups is 1. The number of halogens is 1. The maximum atomic E-state index is 12.8. The summed E-state index contributed by atoms with van der Waals surface area (Å²) >= 11 is 5.85. The summed E-state index contributed by atoms with van der Waals surface area (Å²) in [4.78, 5) is 48.1. The SMILES string of the molecule is O=C(NNC(=O)C(Cc1ccccc1)NC(=O)c1ccc(Cl)cc1)c1cccc([N+](=O)[O-])c1. The van der Waals surface area contributed by atoms with Crippen molar-refractivity contribution in [3.8, 4) is 0 Å². The van der Waals surface area contributed by atoms with Crippen molar-refractivity contribution in [2.75, 3.05) is 0 Å². The van der Waals surface area contributed by atoms with Crippen LogP contribution < -0.4 is 16.2 Å². The van der Waals surface area contributed by atoms with Gasteiger partial charge in [0, 0.05) is 34.7 Å². The van der Waals surface area contributed by atoms with E-state index in [1.807, 2.05) is 6.07 Å². The molecule has 168 valence electrons. The number of carbonyl (C=O) groups excluding carboxylic acids is 3. The quantitative estimate of drug-likeness (QED) is 0.364. The number of nitro benzene ring substituents is 1. The molecule has 9 nitrogen and oxygen atoms in total. The summed E-state index contributed by atoms with van der Waals surface area (Å²) in [5.74, 6) is -1.90. The smallest absolute Gasteiger partial charge is 0.270 e. The Labute approximate surface area is 193 Å². The molecule has 1 atom stereocenters. The van der Waals surface area contributed by atoms with Gasteiger partial charge in [-0.3, -0.25) is 35.3 Å². The largest absolute Gasteiger partial charge is 0.340 e. The summed E-state index contributed by atoms with van der Waals surface area (Å²) in [6, 6.07) is 19.3. The van der Waals surface area contributed by atoms with Gasteiger partial charge in [-0.1, -0.05) is 48.0 Å². The van der Waals surface area contributed by atoms with Crippen LogP contribution in [0.4, 0.5) is 5.69 Å². The van der Waals surface area contributed by atoms with Crippen molar-refractivity contribution in [3.63, 3.8) is 0 Å². The van der Waals surface area contributed by atoms with Gasteiger partial charge in [-0.2, -0.15) is 0 Å². The van der Waals surface area contributed by atoms with Crippen LogP contribution in [-0.2, 0) is 11.2 Å². The first-order valence-electron chi connectivity index (χ1n) is 9.78. The normalized spacial score (nSPS) is 11.2. The van der Waals surface area contributed by atoms with Crippen molar-refractivity contribution >= 4 is 35.0 Å². The van der Waals surface area contributed by atoms with E-state index in [0.717, 1.165) is 11.6 Å². The molecule has 0 bridgehead atoms. The third-order valence-electron chi connectivity index (χ3n) is 4.63. The van der Waals surface area contributed by atoms with Gasteiger partial charge >= 0.3 is 0 Å². The summed E-state index contributed by atoms with van der Waals surface area (Å²) in [6.45, 7) is 0. The number of non-ortho nitro benzene ring substituents is 1. The zero-order valence-electron chi connectivity index (χ0n) is 17.2. The highest BCUT2D eigenvalue weighted by Crippen LogP contribution is 2.13. The van der Waals surface area contributed by atoms with Crippen molar-refractivity contribution in [2.24, 2.45) is 0 Å². The molecule has 33 heavy (non-hydrogen) atoms. The third kappa shape index (κ3) is 6.62. The number of hydrazine groups is 1. The van der Waals surface area contributed by atoms with E-state index < -0.39 is 28.7 Å². The molecular weight excluding hydrogens is 448 g/mol. The van der Waals surface area contributed by atoms with Crippen LogP contribution in [0.2, 0.25) is 5.02 Å². The standard InChI is InChI=1S/C23H19ClN4O5/c24-18-11-9-16(10-12-18)21(29)25-20(13-15-5-2-1-3-6-15)23(31)27-26-22(30)17-7-4-8-19(14-17)28(32)33/h1-12,14,20H,13H2,(H,25,29)(H,26,30)(H,27,31). The summed E-state index contributed by atoms with van der Waals surface area (Å²) in [6.07, 6.45) is 0.165. The Hall–Kier alpha value is -4.24. The second-order valence-electron chi connectivity index (χ2n) is 6.97. The van der Waals surface area contributed by atoms with Gasteiger partial charge in [0.05, 0.1) is 4.92 Å². The lowest BCUT2D eigenvalue weighted by Gasteiger charge is -2.19. The minimum absolute atomic E-state index is 0.00527. The van der Waals surface area contributed by atoms with Crippen molar-refractivity contribution in [1.82, 2.24) is 16.2 Å². The van der Waals surface area contributed by atoms with E-state index in [1.54, 1.807) is 36.4 Å². The maximum Gasteiger partial charge on any atom is 0.270 e. The molecule has 0 heterocycles. The number of hydrogen-bond donors (Lipinski definition) is 3. The van der Waals surface area contributed by atoms with E-state index in [-0.39, 0.29) is 17.7 Å². The Morgan fingerprint density at radius 1 is 0.848 bits per heavy atom. The highest BCUT2D eigenvalue weighted by atomic mass is 35.5. The predicted octanol–water partition coefficient (Wildman–Crippen LogP) is 3.05. The molecule has 3 aromatic carbocycles. The maximum absolute atomic E-state index is 12.8. The predicted molar refractivity (Wildman–Crippen MR) is 122 cm³/mol. The topological polar surface area (TPSA) is 130 Å². The number of hydrogen-bond acceptors (Lipinski definition) is 5. The fourth-order valence-electron chi connectivity index (χ4n) is 2.94. The first kappa shape index (κ1) is 23.4. The van der Waals surface area contributed by atoms with Crippen LogP contribution >= 0.6 is 11.6 Å². The van der Waals surface area contributed by atoms with E-state index in [4.69, 9.17) is 11.6 Å². The van der Waals surface area contributed by atoms with E-state index in [9.17, 15) is 24.5 Å². The molecule has 1 unspecified atom stereocenters. The molecule has 0 aliphatic heterocycles. The Morgan fingerprint density at radius 2 is 1.55 bits per heavy atom. The van der Waals surface area contributed by atoms with Gasteiger partial charge in [0.15, 0.2) is 0 Å². The monoisotopic (exact) mass is 466 g/mol. The molecule has 3 amide bonds. The molecular formula is C23H19ClN4O5. The third-order valence-corrected chi connectivity index (χ3v) is 4.88. The molecule has 3 N–H and O–H groups in total. The van der Waals surface area contributed by atoms with Gasteiger partial charge in [0.1, 0.15) is 6.04 Å². The van der Waals surface area contributed by atoms with E-state index in [2.05, 4.69) is 16.2 Å². The number of benzene rings is 3. The number of amides is 3. The Morgan fingerprint density at radius 3 is 2.21 bits per heavy atom. The average molecular weight is 467 g/mol. The van der Waals surface area contributed by atoms with Crippen LogP contribution in [0.3, 0.4) is 0 Å². The second kappa shape index (κ2) is 10.9. The van der Waals surface area contributed by atoms with Crippen molar-refractivity contribution in [1.29, 1.82) is 0 Å². The van der Waals surface area contributed by atoms with Crippen molar-refractivity contribution in [2.45, 2.75) is 12.5 Å². The molecule has 10 heteroatoms. The molecule has 3 aromatic rings. The van der Waals surface area contributed by atoms with Gasteiger partial charge in [-0.25, -0.2) is 0 Å². The first-order chi connectivity index (χ1) is 15.8. The molecule has 0 aliphatic carbocycles. The van der Waals surface area contributed by atoms with Crippen LogP contribution in [0.25, 0.3) is 0 Å². The molecule has 3 rings (SSSR count). The lowest BCUT2D eigenvalue weighted by Crippen LogP contribution is -2.53. The van der Waals surface area contributed by atoms with Gasteiger partial charge in [0.25, 0.3) is 23.4 Å². The van der Waals surface area contributed by atoms with Gasteiger partial charge in [-0.15, -0.1) is 0 Å². The zero-order chi connectivity index (χ0) is 23.8. The molecule has 0 radical (unpaired) electrons. The van der Waals surface area contributed by atoms with Crippen molar-refractivity contribution in [3.05, 3.63) is 111 Å². The fourth-order valence-corrected chi connectivity index (χ4v) is 3.07. The summed E-state index contributed by atoms with van der Waals surface area (Å²) < 4.78 is 0. The molecule has 0 spiro atoms. The Kier molecular flexibility index (Phi) is 7.72. The molecule has 0 aliphatic rings.